The number of hydrogen-bond acceptors (Lipinski definition) is 6. The van der Waals surface area contributed by atoms with Crippen LogP contribution in [0.4, 0.5) is 11.4 Å². The summed E-state index contributed by atoms with van der Waals surface area (Å²) in [6.45, 7) is -0.115. The van der Waals surface area contributed by atoms with Crippen LogP contribution >= 0.6 is 23.2 Å². The number of nitrogens with zero attached hydrogens (tertiary/aromatic N) is 3. The minimum Gasteiger partial charge on any atom is -0.376 e. The first-order valence-corrected chi connectivity index (χ1v) is 7.32. The van der Waals surface area contributed by atoms with Crippen LogP contribution in [0.1, 0.15) is 5.56 Å². The van der Waals surface area contributed by atoms with Crippen LogP contribution in [0.3, 0.4) is 0 Å². The molecule has 0 spiro atoms. The lowest BCUT2D eigenvalue weighted by atomic mass is 10.3. The summed E-state index contributed by atoms with van der Waals surface area (Å²) in [4.78, 5) is 25.7. The first-order chi connectivity index (χ1) is 11.5. The van der Waals surface area contributed by atoms with Crippen LogP contribution in [0.2, 0.25) is 10.0 Å². The third-order valence-electron chi connectivity index (χ3n) is 2.78. The van der Waals surface area contributed by atoms with Gasteiger partial charge >= 0.3 is 0 Å². The maximum atomic E-state index is 11.7. The lowest BCUT2D eigenvalue weighted by molar-refractivity contribution is -0.384. The summed E-state index contributed by atoms with van der Waals surface area (Å²) >= 11 is 11.8. The second kappa shape index (κ2) is 8.23. The second-order valence-corrected chi connectivity index (χ2v) is 5.29. The Balaban J connectivity index is 1.89. The van der Waals surface area contributed by atoms with Crippen LogP contribution in [-0.4, -0.2) is 28.6 Å². The SMILES string of the molecule is O=C(CNc1cccc([N+](=O)[O-])c1)NN=Cc1c(Cl)cncc1Cl. The molecule has 124 valence electrons. The van der Waals surface area contributed by atoms with E-state index < -0.39 is 10.8 Å². The Bertz CT molecular complexity index is 777. The average Bonchev–Trinajstić information content (AvgIpc) is 2.56. The van der Waals surface area contributed by atoms with E-state index in [-0.39, 0.29) is 12.2 Å². The molecule has 0 saturated carbocycles. The number of aromatic nitrogens is 1. The largest absolute Gasteiger partial charge is 0.376 e. The number of non-ortho nitro benzene ring substituents is 1. The highest BCUT2D eigenvalue weighted by Gasteiger charge is 2.07. The molecule has 0 bridgehead atoms. The Morgan fingerprint density at radius 3 is 2.71 bits per heavy atom. The predicted octanol–water partition coefficient (Wildman–Crippen LogP) is 2.86. The van der Waals surface area contributed by atoms with Crippen molar-refractivity contribution in [3.8, 4) is 0 Å². The van der Waals surface area contributed by atoms with Crippen molar-refractivity contribution in [1.82, 2.24) is 10.4 Å². The van der Waals surface area contributed by atoms with Crippen LogP contribution in [0.25, 0.3) is 0 Å². The summed E-state index contributed by atoms with van der Waals surface area (Å²) in [5.41, 5.74) is 3.10. The molecular formula is C14H11Cl2N5O3. The minimum atomic E-state index is -0.516. The Labute approximate surface area is 146 Å². The smallest absolute Gasteiger partial charge is 0.271 e. The summed E-state index contributed by atoms with van der Waals surface area (Å²) < 4.78 is 0. The number of nitrogens with one attached hydrogen (secondary N) is 2. The highest BCUT2D eigenvalue weighted by molar-refractivity contribution is 6.38. The number of carbonyl (C=O) groups excluding carboxylic acids is 1. The number of amides is 1. The molecule has 1 amide bonds. The normalized spacial score (nSPS) is 10.6. The Morgan fingerprint density at radius 2 is 2.04 bits per heavy atom. The van der Waals surface area contributed by atoms with Crippen LogP contribution < -0.4 is 10.7 Å². The van der Waals surface area contributed by atoms with Crippen LogP contribution in [0.5, 0.6) is 0 Å². The molecule has 0 aliphatic carbocycles. The first-order valence-electron chi connectivity index (χ1n) is 6.56. The zero-order valence-corrected chi connectivity index (χ0v) is 13.6. The molecule has 0 saturated heterocycles. The number of hydrazone groups is 1. The molecule has 10 heteroatoms. The van der Waals surface area contributed by atoms with Crippen molar-refractivity contribution in [2.24, 2.45) is 5.10 Å². The molecule has 2 rings (SSSR count). The van der Waals surface area contributed by atoms with E-state index >= 15 is 0 Å². The maximum Gasteiger partial charge on any atom is 0.271 e. The molecule has 0 atom stereocenters. The lowest BCUT2D eigenvalue weighted by Crippen LogP contribution is -2.25. The van der Waals surface area contributed by atoms with Crippen LogP contribution in [-0.2, 0) is 4.79 Å². The number of nitro benzene ring substituents is 1. The third-order valence-corrected chi connectivity index (χ3v) is 3.39. The number of rotatable bonds is 6. The van der Waals surface area contributed by atoms with Gasteiger partial charge in [-0.25, -0.2) is 5.43 Å². The summed E-state index contributed by atoms with van der Waals surface area (Å²) in [6, 6.07) is 5.81. The number of pyridine rings is 1. The maximum absolute atomic E-state index is 11.7. The number of anilines is 1. The molecule has 24 heavy (non-hydrogen) atoms. The molecule has 1 aromatic carbocycles. The third kappa shape index (κ3) is 4.90. The molecule has 0 unspecified atom stereocenters. The molecule has 0 aliphatic heterocycles. The Morgan fingerprint density at radius 1 is 1.33 bits per heavy atom. The van der Waals surface area contributed by atoms with Gasteiger partial charge in [-0.05, 0) is 6.07 Å². The summed E-state index contributed by atoms with van der Waals surface area (Å²) in [5.74, 6) is -0.445. The van der Waals surface area contributed by atoms with Gasteiger partial charge in [-0.15, -0.1) is 0 Å². The van der Waals surface area contributed by atoms with E-state index in [4.69, 9.17) is 23.2 Å². The number of halogens is 2. The van der Waals surface area contributed by atoms with E-state index in [2.05, 4.69) is 20.8 Å². The molecule has 8 nitrogen and oxygen atoms in total. The summed E-state index contributed by atoms with van der Waals surface area (Å²) in [5, 5.41) is 17.8. The average molecular weight is 368 g/mol. The molecule has 2 aromatic rings. The molecule has 0 fully saturated rings. The van der Waals surface area contributed by atoms with E-state index in [1.807, 2.05) is 0 Å². The fraction of sp³-hybridized carbons (Fsp3) is 0.0714. The van der Waals surface area contributed by atoms with Gasteiger partial charge in [0.1, 0.15) is 0 Å². The predicted molar refractivity (Wildman–Crippen MR) is 91.6 cm³/mol. The van der Waals surface area contributed by atoms with Gasteiger partial charge in [-0.1, -0.05) is 29.3 Å². The number of hydrogen-bond donors (Lipinski definition) is 2. The number of carbonyl (C=O) groups is 1. The van der Waals surface area contributed by atoms with Gasteiger partial charge in [-0.2, -0.15) is 5.10 Å². The second-order valence-electron chi connectivity index (χ2n) is 4.47. The van der Waals surface area contributed by atoms with Gasteiger partial charge in [0.15, 0.2) is 0 Å². The van der Waals surface area contributed by atoms with Crippen molar-refractivity contribution in [2.75, 3.05) is 11.9 Å². The van der Waals surface area contributed by atoms with Gasteiger partial charge in [0.05, 0.1) is 27.7 Å². The lowest BCUT2D eigenvalue weighted by Gasteiger charge is -2.05. The molecule has 1 aromatic heterocycles. The van der Waals surface area contributed by atoms with E-state index in [1.165, 1.54) is 36.8 Å². The quantitative estimate of drug-likeness (QED) is 0.463. The van der Waals surface area contributed by atoms with E-state index in [9.17, 15) is 14.9 Å². The van der Waals surface area contributed by atoms with Gasteiger partial charge < -0.3 is 5.32 Å². The molecule has 1 heterocycles. The van der Waals surface area contributed by atoms with Gasteiger partial charge in [0.2, 0.25) is 0 Å². The highest BCUT2D eigenvalue weighted by atomic mass is 35.5. The fourth-order valence-corrected chi connectivity index (χ4v) is 2.13. The highest BCUT2D eigenvalue weighted by Crippen LogP contribution is 2.20. The van der Waals surface area contributed by atoms with Crippen molar-refractivity contribution in [3.63, 3.8) is 0 Å². The van der Waals surface area contributed by atoms with Gasteiger partial charge in [0, 0.05) is 35.8 Å². The van der Waals surface area contributed by atoms with Crippen molar-refractivity contribution in [1.29, 1.82) is 0 Å². The number of nitro groups is 1. The van der Waals surface area contributed by atoms with Crippen molar-refractivity contribution in [2.45, 2.75) is 0 Å². The van der Waals surface area contributed by atoms with E-state index in [0.29, 0.717) is 21.3 Å². The monoisotopic (exact) mass is 367 g/mol. The molecule has 0 aliphatic rings. The topological polar surface area (TPSA) is 110 Å². The minimum absolute atomic E-state index is 0.0691. The molecular weight excluding hydrogens is 357 g/mol. The Hall–Kier alpha value is -2.71. The van der Waals surface area contributed by atoms with Crippen LogP contribution in [0, 0.1) is 10.1 Å². The number of benzene rings is 1. The zero-order valence-electron chi connectivity index (χ0n) is 12.1. The zero-order chi connectivity index (χ0) is 17.5. The van der Waals surface area contributed by atoms with E-state index in [0.717, 1.165) is 0 Å². The van der Waals surface area contributed by atoms with Crippen molar-refractivity contribution >= 4 is 46.7 Å². The first kappa shape index (κ1) is 17.6. The standard InChI is InChI=1S/C14H11Cl2N5O3/c15-12-6-17-7-13(16)11(12)5-19-20-14(22)8-18-9-2-1-3-10(4-9)21(23)24/h1-7,18H,8H2,(H,20,22). The van der Waals surface area contributed by atoms with Gasteiger partial charge in [0.25, 0.3) is 11.6 Å². The van der Waals surface area contributed by atoms with Crippen molar-refractivity contribution in [3.05, 3.63) is 62.4 Å². The summed E-state index contributed by atoms with van der Waals surface area (Å²) in [6.07, 6.45) is 4.11. The molecule has 2 N–H and O–H groups in total. The van der Waals surface area contributed by atoms with Crippen LogP contribution in [0.15, 0.2) is 41.8 Å². The van der Waals surface area contributed by atoms with Crippen molar-refractivity contribution < 1.29 is 9.72 Å². The van der Waals surface area contributed by atoms with E-state index in [1.54, 1.807) is 6.07 Å². The fourth-order valence-electron chi connectivity index (χ4n) is 1.66. The Kier molecular flexibility index (Phi) is 6.05. The summed E-state index contributed by atoms with van der Waals surface area (Å²) in [7, 11) is 0. The molecule has 0 radical (unpaired) electrons. The van der Waals surface area contributed by atoms with Gasteiger partial charge in [-0.3, -0.25) is 19.9 Å².